The summed E-state index contributed by atoms with van der Waals surface area (Å²) in [5.41, 5.74) is 8.15. The number of aromatic nitrogens is 6. The lowest BCUT2D eigenvalue weighted by atomic mass is 9.87. The number of imidazole rings is 3. The van der Waals surface area contributed by atoms with Crippen molar-refractivity contribution < 1.29 is 13.7 Å². The third-order valence-electron chi connectivity index (χ3n) is 7.77. The molecule has 0 unspecified atom stereocenters. The molecular weight excluding hydrogens is 480 g/mol. The minimum absolute atomic E-state index is 0.00168. The summed E-state index contributed by atoms with van der Waals surface area (Å²) in [6.45, 7) is 29.1. The Morgan fingerprint density at radius 1 is 0.590 bits per heavy atom. The summed E-state index contributed by atoms with van der Waals surface area (Å²) in [5, 5.41) is 0. The smallest absolute Gasteiger partial charge is 0.204 e. The van der Waals surface area contributed by atoms with Crippen LogP contribution in [0.15, 0.2) is 37.2 Å². The van der Waals surface area contributed by atoms with Gasteiger partial charge in [0.15, 0.2) is 0 Å². The van der Waals surface area contributed by atoms with Crippen molar-refractivity contribution in [3.8, 4) is 0 Å². The van der Waals surface area contributed by atoms with Gasteiger partial charge in [-0.1, -0.05) is 0 Å². The zero-order chi connectivity index (χ0) is 28.9. The first kappa shape index (κ1) is 28.8. The van der Waals surface area contributed by atoms with Gasteiger partial charge in [-0.25, -0.2) is 0 Å². The van der Waals surface area contributed by atoms with Gasteiger partial charge in [0.2, 0.25) is 19.0 Å². The van der Waals surface area contributed by atoms with Crippen LogP contribution in [0.1, 0.15) is 95.7 Å². The van der Waals surface area contributed by atoms with E-state index in [0.29, 0.717) is 0 Å². The lowest BCUT2D eigenvalue weighted by Crippen LogP contribution is -2.48. The first-order valence-electron chi connectivity index (χ1n) is 14.1. The van der Waals surface area contributed by atoms with Gasteiger partial charge in [-0.2, -0.15) is 0 Å². The van der Waals surface area contributed by atoms with Crippen molar-refractivity contribution in [3.63, 3.8) is 0 Å². The highest BCUT2D eigenvalue weighted by Gasteiger charge is 2.22. The van der Waals surface area contributed by atoms with Gasteiger partial charge in [0.05, 0.1) is 36.3 Å². The molecular formula is C33H48N6. The molecule has 0 aliphatic heterocycles. The lowest BCUT2D eigenvalue weighted by Gasteiger charge is -2.23. The lowest BCUT2D eigenvalue weighted by molar-refractivity contribution is -0.757. The Labute approximate surface area is 236 Å². The average Bonchev–Trinajstić information content (AvgIpc) is 3.56. The van der Waals surface area contributed by atoms with E-state index in [1.807, 2.05) is 0 Å². The van der Waals surface area contributed by atoms with E-state index < -0.39 is 0 Å². The molecule has 0 aliphatic carbocycles. The molecule has 39 heavy (non-hydrogen) atoms. The van der Waals surface area contributed by atoms with Crippen molar-refractivity contribution in [2.24, 2.45) is 0 Å². The molecule has 3 heterocycles. The van der Waals surface area contributed by atoms with Crippen LogP contribution in [-0.4, -0.2) is 13.7 Å². The predicted octanol–water partition coefficient (Wildman–Crippen LogP) is 4.69. The Morgan fingerprint density at radius 3 is 1.38 bits per heavy atom. The molecule has 0 aliphatic rings. The zero-order valence-electron chi connectivity index (χ0n) is 26.3. The molecule has 0 atom stereocenters. The largest absolute Gasteiger partial charge is 0.347 e. The quantitative estimate of drug-likeness (QED) is 0.257. The fourth-order valence-corrected chi connectivity index (χ4v) is 5.05. The molecule has 0 saturated heterocycles. The molecule has 0 spiro atoms. The summed E-state index contributed by atoms with van der Waals surface area (Å²) in [6, 6.07) is 0. The molecule has 4 rings (SSSR count). The normalized spacial score (nSPS) is 12.9. The summed E-state index contributed by atoms with van der Waals surface area (Å²) in [6.07, 6.45) is 23.5. The Hall–Kier alpha value is -3.15. The second-order valence-electron chi connectivity index (χ2n) is 14.0. The van der Waals surface area contributed by atoms with Crippen molar-refractivity contribution in [3.05, 3.63) is 89.5 Å². The summed E-state index contributed by atoms with van der Waals surface area (Å²) in [7, 11) is 0. The molecule has 3 aromatic heterocycles. The standard InChI is InChI=1S/C33H48N6/c1-25-28(19-34-13-16-37(22-34)31(4,5)6)26(2)30(21-36-15-18-39(24-36)33(10,11)12)27(3)29(25)20-35-14-17-38(23-35)32(7,8)9/h13-18H,19-21H2,1-12H3. The maximum Gasteiger partial charge on any atom is 0.204 e. The van der Waals surface area contributed by atoms with Gasteiger partial charge in [-0.3, -0.25) is 0 Å². The van der Waals surface area contributed by atoms with Gasteiger partial charge in [0.1, 0.15) is 0 Å². The van der Waals surface area contributed by atoms with E-state index in [1.54, 1.807) is 0 Å². The molecule has 0 fully saturated rings. The first-order valence-corrected chi connectivity index (χ1v) is 14.1. The second-order valence-corrected chi connectivity index (χ2v) is 14.0. The monoisotopic (exact) mass is 528 g/mol. The van der Waals surface area contributed by atoms with Gasteiger partial charge in [0.25, 0.3) is 0 Å². The summed E-state index contributed by atoms with van der Waals surface area (Å²) >= 11 is 0. The van der Waals surface area contributed by atoms with Crippen LogP contribution in [0.3, 0.4) is 0 Å². The molecule has 210 valence electrons. The minimum atomic E-state index is -0.00168. The maximum absolute atomic E-state index is 3.55. The number of hydrogen-bond acceptors (Lipinski definition) is 0. The molecule has 1 aromatic carbocycles. The Balaban J connectivity index is 1.80. The molecule has 0 amide bonds. The summed E-state index contributed by atoms with van der Waals surface area (Å²) < 4.78 is 13.0. The number of hydrogen-bond donors (Lipinski definition) is 0. The minimum Gasteiger partial charge on any atom is -0.347 e. The van der Waals surface area contributed by atoms with Gasteiger partial charge in [-0.15, -0.1) is 0 Å². The van der Waals surface area contributed by atoms with Crippen LogP contribution in [-0.2, 0) is 36.3 Å². The zero-order valence-corrected chi connectivity index (χ0v) is 26.3. The Bertz CT molecular complexity index is 1260. The van der Waals surface area contributed by atoms with Crippen molar-refractivity contribution in [1.29, 1.82) is 0 Å². The van der Waals surface area contributed by atoms with Crippen LogP contribution < -0.4 is 13.7 Å². The Kier molecular flexibility index (Phi) is 7.48. The van der Waals surface area contributed by atoms with Crippen LogP contribution >= 0.6 is 0 Å². The third-order valence-corrected chi connectivity index (χ3v) is 7.77. The van der Waals surface area contributed by atoms with E-state index in [2.05, 4.69) is 167 Å². The van der Waals surface area contributed by atoms with Gasteiger partial charge in [-0.05, 0) is 154 Å². The van der Waals surface area contributed by atoms with Crippen LogP contribution in [0.4, 0.5) is 0 Å². The number of rotatable bonds is 6. The highest BCUT2D eigenvalue weighted by Crippen LogP contribution is 2.28. The van der Waals surface area contributed by atoms with E-state index in [1.165, 1.54) is 33.4 Å². The second kappa shape index (κ2) is 10.1. The molecule has 4 aromatic rings. The fourth-order valence-electron chi connectivity index (χ4n) is 5.05. The number of benzene rings is 1. The van der Waals surface area contributed by atoms with Crippen molar-refractivity contribution in [1.82, 2.24) is 13.7 Å². The van der Waals surface area contributed by atoms with Gasteiger partial charge in [0, 0.05) is 0 Å². The summed E-state index contributed by atoms with van der Waals surface area (Å²) in [4.78, 5) is 0. The van der Waals surface area contributed by atoms with Crippen molar-refractivity contribution in [2.45, 2.75) is 119 Å². The van der Waals surface area contributed by atoms with Crippen LogP contribution in [0.2, 0.25) is 0 Å². The van der Waals surface area contributed by atoms with Crippen LogP contribution in [0.25, 0.3) is 0 Å². The maximum atomic E-state index is 3.55. The van der Waals surface area contributed by atoms with Crippen molar-refractivity contribution >= 4 is 0 Å². The molecule has 0 bridgehead atoms. The average molecular weight is 529 g/mol. The van der Waals surface area contributed by atoms with E-state index in [-0.39, 0.29) is 16.6 Å². The molecule has 0 N–H and O–H groups in total. The number of nitrogens with zero attached hydrogens (tertiary/aromatic N) is 6. The SMILES string of the molecule is Cc1c(Cn2[c-][n+](C(C)(C)C)cc2)c(C)c(C[n+]2[c-]n(C(C)(C)C)cc2)c(C)c1C[n+]1[c-]n(C(C)(C)C)cc1. The highest BCUT2D eigenvalue weighted by molar-refractivity contribution is 5.50. The van der Waals surface area contributed by atoms with E-state index >= 15 is 0 Å². The molecule has 6 nitrogen and oxygen atoms in total. The van der Waals surface area contributed by atoms with E-state index in [0.717, 1.165) is 19.6 Å². The molecule has 0 saturated carbocycles. The van der Waals surface area contributed by atoms with Crippen LogP contribution in [0, 0.1) is 39.8 Å². The predicted molar refractivity (Wildman–Crippen MR) is 153 cm³/mol. The van der Waals surface area contributed by atoms with Gasteiger partial charge >= 0.3 is 0 Å². The topological polar surface area (TPSA) is 26.4 Å². The molecule has 6 heteroatoms. The van der Waals surface area contributed by atoms with Gasteiger partial charge < -0.3 is 27.4 Å². The molecule has 0 radical (unpaired) electrons. The third kappa shape index (κ3) is 6.21. The first-order chi connectivity index (χ1) is 17.9. The Morgan fingerprint density at radius 2 is 1.03 bits per heavy atom. The van der Waals surface area contributed by atoms with Crippen LogP contribution in [0.5, 0.6) is 0 Å². The van der Waals surface area contributed by atoms with E-state index in [9.17, 15) is 0 Å². The fraction of sp³-hybridized carbons (Fsp3) is 0.545. The van der Waals surface area contributed by atoms with Crippen molar-refractivity contribution in [2.75, 3.05) is 0 Å². The van der Waals surface area contributed by atoms with E-state index in [4.69, 9.17) is 0 Å². The highest BCUT2D eigenvalue weighted by atomic mass is 15.2. The summed E-state index contributed by atoms with van der Waals surface area (Å²) in [5.74, 6) is 0.